The van der Waals surface area contributed by atoms with Gasteiger partial charge in [0.1, 0.15) is 23.6 Å². The Hall–Kier alpha value is -3.82. The molecule has 0 aliphatic heterocycles. The molecule has 0 radical (unpaired) electrons. The average Bonchev–Trinajstić information content (AvgIpc) is 3.22. The van der Waals surface area contributed by atoms with Crippen molar-refractivity contribution >= 4 is 52.4 Å². The number of hydrogen-bond acceptors (Lipinski definition) is 8. The number of carbonyl (C=O) groups is 2. The Morgan fingerprint density at radius 3 is 2.44 bits per heavy atom. The summed E-state index contributed by atoms with van der Waals surface area (Å²) in [5.74, 6) is -0.137. The van der Waals surface area contributed by atoms with Gasteiger partial charge in [-0.25, -0.2) is 4.79 Å². The third-order valence-corrected chi connectivity index (χ3v) is 7.37. The van der Waals surface area contributed by atoms with Crippen LogP contribution >= 0.6 is 34.5 Å². The van der Waals surface area contributed by atoms with Gasteiger partial charge in [0.25, 0.3) is 0 Å². The number of ether oxygens (including phenoxy) is 3. The van der Waals surface area contributed by atoms with E-state index in [9.17, 15) is 20.1 Å². The average molecular weight is 583 g/mol. The van der Waals surface area contributed by atoms with Crippen LogP contribution < -0.4 is 9.47 Å². The molecule has 39 heavy (non-hydrogen) atoms. The first kappa shape index (κ1) is 29.7. The monoisotopic (exact) mass is 582 g/mol. The third-order valence-electron chi connectivity index (χ3n) is 5.51. The highest BCUT2D eigenvalue weighted by atomic mass is 35.5. The summed E-state index contributed by atoms with van der Waals surface area (Å²) in [5, 5.41) is 20.3. The molecule has 3 aromatic rings. The predicted molar refractivity (Wildman–Crippen MR) is 150 cm³/mol. The normalized spacial score (nSPS) is 10.9. The molecule has 0 aliphatic rings. The highest BCUT2D eigenvalue weighted by Gasteiger charge is 2.23. The maximum atomic E-state index is 13.0. The highest BCUT2D eigenvalue weighted by molar-refractivity contribution is 7.14. The summed E-state index contributed by atoms with van der Waals surface area (Å²) in [6, 6.07) is 14.2. The second-order valence-corrected chi connectivity index (χ2v) is 10.1. The number of thiophene rings is 1. The van der Waals surface area contributed by atoms with Crippen molar-refractivity contribution in [2.24, 2.45) is 0 Å². The summed E-state index contributed by atoms with van der Waals surface area (Å²) in [5.41, 5.74) is 1.90. The number of halogens is 2. The van der Waals surface area contributed by atoms with E-state index in [4.69, 9.17) is 37.4 Å². The Kier molecular flexibility index (Phi) is 10.5. The van der Waals surface area contributed by atoms with Crippen LogP contribution in [-0.4, -0.2) is 25.0 Å². The molecule has 1 aromatic heterocycles. The van der Waals surface area contributed by atoms with Gasteiger partial charge in [0, 0.05) is 26.9 Å². The summed E-state index contributed by atoms with van der Waals surface area (Å²) in [6.45, 7) is 5.89. The minimum atomic E-state index is -0.546. The third kappa shape index (κ3) is 7.40. The van der Waals surface area contributed by atoms with Crippen LogP contribution in [0.15, 0.2) is 42.0 Å². The first-order chi connectivity index (χ1) is 18.7. The van der Waals surface area contributed by atoms with Crippen LogP contribution in [0.3, 0.4) is 0 Å². The number of nitriles is 2. The van der Waals surface area contributed by atoms with Gasteiger partial charge in [-0.2, -0.15) is 10.5 Å². The quantitative estimate of drug-likeness (QED) is 0.134. The SMILES string of the molecule is CCOC(=O)c1sc(CC(=O)/C(C#N)=C/c2ccc(OCc3ccc(Cl)cc3Cl)c(OCC)c2)c(C#N)c1C. The van der Waals surface area contributed by atoms with E-state index in [0.29, 0.717) is 44.2 Å². The molecule has 0 amide bonds. The van der Waals surface area contributed by atoms with Crippen molar-refractivity contribution in [3.8, 4) is 23.6 Å². The molecule has 2 aromatic carbocycles. The number of benzene rings is 2. The second kappa shape index (κ2) is 13.8. The lowest BCUT2D eigenvalue weighted by Gasteiger charge is -2.13. The lowest BCUT2D eigenvalue weighted by atomic mass is 10.0. The van der Waals surface area contributed by atoms with Crippen LogP contribution in [0.1, 0.15) is 50.7 Å². The lowest BCUT2D eigenvalue weighted by molar-refractivity contribution is -0.114. The van der Waals surface area contributed by atoms with Gasteiger partial charge in [0.05, 0.1) is 24.4 Å². The number of hydrogen-bond donors (Lipinski definition) is 0. The van der Waals surface area contributed by atoms with E-state index in [0.717, 1.165) is 16.9 Å². The summed E-state index contributed by atoms with van der Waals surface area (Å²) in [7, 11) is 0. The summed E-state index contributed by atoms with van der Waals surface area (Å²) >= 11 is 13.2. The van der Waals surface area contributed by atoms with Crippen molar-refractivity contribution in [3.05, 3.63) is 84.0 Å². The van der Waals surface area contributed by atoms with Gasteiger partial charge in [-0.3, -0.25) is 4.79 Å². The van der Waals surface area contributed by atoms with Crippen LogP contribution in [0.25, 0.3) is 6.08 Å². The molecule has 0 N–H and O–H groups in total. The second-order valence-electron chi connectivity index (χ2n) is 8.12. The molecule has 0 aliphatic carbocycles. The van der Waals surface area contributed by atoms with Gasteiger partial charge in [-0.1, -0.05) is 35.3 Å². The molecule has 7 nitrogen and oxygen atoms in total. The van der Waals surface area contributed by atoms with E-state index in [-0.39, 0.29) is 35.6 Å². The van der Waals surface area contributed by atoms with Gasteiger partial charge < -0.3 is 14.2 Å². The molecular weight excluding hydrogens is 559 g/mol. The number of nitrogens with zero attached hydrogens (tertiary/aromatic N) is 2. The van der Waals surface area contributed by atoms with Crippen molar-refractivity contribution in [1.29, 1.82) is 10.5 Å². The standard InChI is InChI=1S/C29H24Cl2N2O5S/c1-4-36-26-11-18(6-9-25(26)38-16-19-7-8-21(30)12-23(19)31)10-20(14-32)24(34)13-27-22(15-33)17(3)28(39-27)29(35)37-5-2/h6-12H,4-5,13,16H2,1-3H3/b20-10+. The topological polar surface area (TPSA) is 109 Å². The van der Waals surface area contributed by atoms with E-state index in [1.807, 2.05) is 13.0 Å². The maximum Gasteiger partial charge on any atom is 0.348 e. The smallest absolute Gasteiger partial charge is 0.348 e. The van der Waals surface area contributed by atoms with Crippen molar-refractivity contribution in [2.75, 3.05) is 13.2 Å². The van der Waals surface area contributed by atoms with Crippen molar-refractivity contribution in [1.82, 2.24) is 0 Å². The largest absolute Gasteiger partial charge is 0.490 e. The fourth-order valence-electron chi connectivity index (χ4n) is 3.61. The van der Waals surface area contributed by atoms with Gasteiger partial charge in [0.2, 0.25) is 0 Å². The first-order valence-electron chi connectivity index (χ1n) is 11.9. The van der Waals surface area contributed by atoms with Crippen molar-refractivity contribution < 1.29 is 23.8 Å². The van der Waals surface area contributed by atoms with E-state index < -0.39 is 11.8 Å². The molecule has 0 unspecified atom stereocenters. The molecule has 0 saturated heterocycles. The van der Waals surface area contributed by atoms with Crippen LogP contribution in [0.5, 0.6) is 11.5 Å². The van der Waals surface area contributed by atoms with Gasteiger partial charge >= 0.3 is 5.97 Å². The molecule has 3 rings (SSSR count). The molecule has 0 bridgehead atoms. The van der Waals surface area contributed by atoms with E-state index >= 15 is 0 Å². The lowest BCUT2D eigenvalue weighted by Crippen LogP contribution is -2.05. The Morgan fingerprint density at radius 1 is 1.03 bits per heavy atom. The van der Waals surface area contributed by atoms with E-state index in [1.54, 1.807) is 50.2 Å². The number of esters is 1. The van der Waals surface area contributed by atoms with Crippen molar-refractivity contribution in [3.63, 3.8) is 0 Å². The highest BCUT2D eigenvalue weighted by Crippen LogP contribution is 2.32. The molecule has 200 valence electrons. The molecule has 0 spiro atoms. The van der Waals surface area contributed by atoms with E-state index in [2.05, 4.69) is 6.07 Å². The molecule has 0 atom stereocenters. The van der Waals surface area contributed by atoms with Gasteiger partial charge in [-0.05, 0) is 62.2 Å². The summed E-state index contributed by atoms with van der Waals surface area (Å²) < 4.78 is 16.7. The van der Waals surface area contributed by atoms with Crippen LogP contribution in [0.4, 0.5) is 0 Å². The van der Waals surface area contributed by atoms with Crippen molar-refractivity contribution in [2.45, 2.75) is 33.8 Å². The van der Waals surface area contributed by atoms with Crippen LogP contribution in [0, 0.1) is 29.6 Å². The number of rotatable bonds is 11. The Morgan fingerprint density at radius 2 is 1.79 bits per heavy atom. The molecule has 1 heterocycles. The number of Topliss-reactive ketones (excluding diaryl/α,β-unsaturated/α-hetero) is 1. The van der Waals surface area contributed by atoms with E-state index in [1.165, 1.54) is 6.08 Å². The van der Waals surface area contributed by atoms with Gasteiger partial charge in [-0.15, -0.1) is 11.3 Å². The number of ketones is 1. The zero-order valence-corrected chi connectivity index (χ0v) is 23.8. The summed E-state index contributed by atoms with van der Waals surface area (Å²) in [4.78, 5) is 25.9. The molecular formula is C29H24Cl2N2O5S. The number of allylic oxidation sites excluding steroid dienone is 1. The maximum absolute atomic E-state index is 13.0. The molecule has 0 saturated carbocycles. The number of carbonyl (C=O) groups excluding carboxylic acids is 2. The van der Waals surface area contributed by atoms with Crippen LogP contribution in [0.2, 0.25) is 10.0 Å². The molecule has 10 heteroatoms. The summed E-state index contributed by atoms with van der Waals surface area (Å²) in [6.07, 6.45) is 1.25. The fraction of sp³-hybridized carbons (Fsp3) is 0.241. The fourth-order valence-corrected chi connectivity index (χ4v) is 5.23. The molecule has 0 fully saturated rings. The minimum Gasteiger partial charge on any atom is -0.490 e. The zero-order chi connectivity index (χ0) is 28.5. The Labute approximate surface area is 240 Å². The minimum absolute atomic E-state index is 0.105. The predicted octanol–water partition coefficient (Wildman–Crippen LogP) is 7.11. The Bertz CT molecular complexity index is 1520. The van der Waals surface area contributed by atoms with Gasteiger partial charge in [0.15, 0.2) is 17.3 Å². The Balaban J connectivity index is 1.84. The zero-order valence-electron chi connectivity index (χ0n) is 21.5. The first-order valence-corrected chi connectivity index (χ1v) is 13.5. The van der Waals surface area contributed by atoms with Crippen LogP contribution in [-0.2, 0) is 22.6 Å².